The maximum absolute atomic E-state index is 12.6. The molecule has 0 fully saturated rings. The van der Waals surface area contributed by atoms with Crippen LogP contribution in [0.15, 0.2) is 36.5 Å². The highest BCUT2D eigenvalue weighted by Gasteiger charge is 2.11. The highest BCUT2D eigenvalue weighted by atomic mass is 19.3. The molecule has 0 radical (unpaired) electrons. The monoisotopic (exact) mass is 267 g/mol. The van der Waals surface area contributed by atoms with E-state index in [0.717, 1.165) is 11.3 Å². The molecule has 0 saturated carbocycles. The molecule has 0 amide bonds. The van der Waals surface area contributed by atoms with Crippen LogP contribution in [-0.4, -0.2) is 16.9 Å². The first-order valence-corrected chi connectivity index (χ1v) is 5.85. The number of alkyl halides is 2. The second-order valence-electron chi connectivity index (χ2n) is 3.96. The van der Waals surface area contributed by atoms with Crippen molar-refractivity contribution in [1.82, 2.24) is 15.1 Å². The van der Waals surface area contributed by atoms with Crippen LogP contribution in [0.3, 0.4) is 0 Å². The molecule has 0 atom stereocenters. The summed E-state index contributed by atoms with van der Waals surface area (Å²) in [6, 6.07) is 9.15. The first-order chi connectivity index (χ1) is 9.22. The first kappa shape index (κ1) is 13.5. The average molecular weight is 267 g/mol. The summed E-state index contributed by atoms with van der Waals surface area (Å²) < 4.78 is 31.1. The molecule has 2 rings (SSSR count). The van der Waals surface area contributed by atoms with Crippen LogP contribution in [0.25, 0.3) is 0 Å². The fourth-order valence-electron chi connectivity index (χ4n) is 1.83. The molecular weight excluding hydrogens is 252 g/mol. The second kappa shape index (κ2) is 6.29. The Bertz CT molecular complexity index is 528. The van der Waals surface area contributed by atoms with Crippen LogP contribution in [0, 0.1) is 0 Å². The summed E-state index contributed by atoms with van der Waals surface area (Å²) in [7, 11) is 1.60. The maximum Gasteiger partial charge on any atom is 0.333 e. The molecule has 0 spiro atoms. The van der Waals surface area contributed by atoms with E-state index >= 15 is 0 Å². The Morgan fingerprint density at radius 1 is 1.26 bits per heavy atom. The number of methoxy groups -OCH3 is 1. The Morgan fingerprint density at radius 3 is 2.79 bits per heavy atom. The second-order valence-corrected chi connectivity index (χ2v) is 3.96. The van der Waals surface area contributed by atoms with Gasteiger partial charge in [0.25, 0.3) is 0 Å². The highest BCUT2D eigenvalue weighted by Crippen LogP contribution is 2.17. The van der Waals surface area contributed by atoms with Crippen molar-refractivity contribution in [2.75, 3.05) is 7.11 Å². The van der Waals surface area contributed by atoms with Gasteiger partial charge in [-0.05, 0) is 12.1 Å². The minimum absolute atomic E-state index is 0.322. The Hall–Kier alpha value is -1.95. The predicted octanol–water partition coefficient (Wildman–Crippen LogP) is 2.58. The minimum Gasteiger partial charge on any atom is -0.496 e. The van der Waals surface area contributed by atoms with E-state index in [2.05, 4.69) is 10.4 Å². The molecule has 0 aliphatic carbocycles. The molecule has 6 heteroatoms. The van der Waals surface area contributed by atoms with Gasteiger partial charge < -0.3 is 10.1 Å². The van der Waals surface area contributed by atoms with Crippen LogP contribution in [0.2, 0.25) is 0 Å². The number of nitrogens with zero attached hydrogens (tertiary/aromatic N) is 2. The lowest BCUT2D eigenvalue weighted by Gasteiger charge is -2.10. The predicted molar refractivity (Wildman–Crippen MR) is 67.0 cm³/mol. The fraction of sp³-hybridized carbons (Fsp3) is 0.308. The van der Waals surface area contributed by atoms with Gasteiger partial charge in [0.05, 0.1) is 12.8 Å². The number of ether oxygens (including phenoxy) is 1. The molecule has 2 aromatic rings. The molecule has 1 N–H and O–H groups in total. The lowest BCUT2D eigenvalue weighted by atomic mass is 10.2. The van der Waals surface area contributed by atoms with Gasteiger partial charge in [-0.1, -0.05) is 18.2 Å². The van der Waals surface area contributed by atoms with Gasteiger partial charge >= 0.3 is 6.55 Å². The average Bonchev–Trinajstić information content (AvgIpc) is 2.88. The largest absolute Gasteiger partial charge is 0.496 e. The molecule has 4 nitrogen and oxygen atoms in total. The van der Waals surface area contributed by atoms with Gasteiger partial charge in [0.1, 0.15) is 5.75 Å². The minimum atomic E-state index is -2.61. The molecule has 1 heterocycles. The summed E-state index contributed by atoms with van der Waals surface area (Å²) in [5.74, 6) is 0.775. The number of para-hydroxylation sites is 1. The van der Waals surface area contributed by atoms with Crippen LogP contribution in [0.4, 0.5) is 8.78 Å². The third-order valence-corrected chi connectivity index (χ3v) is 2.75. The van der Waals surface area contributed by atoms with E-state index < -0.39 is 6.55 Å². The van der Waals surface area contributed by atoms with E-state index in [1.165, 1.54) is 6.20 Å². The normalized spacial score (nSPS) is 10.9. The molecular formula is C13H15F2N3O. The van der Waals surface area contributed by atoms with Gasteiger partial charge in [-0.15, -0.1) is 0 Å². The maximum atomic E-state index is 12.6. The zero-order valence-electron chi connectivity index (χ0n) is 10.5. The smallest absolute Gasteiger partial charge is 0.333 e. The van der Waals surface area contributed by atoms with E-state index in [4.69, 9.17) is 4.74 Å². The molecule has 0 saturated heterocycles. The summed E-state index contributed by atoms with van der Waals surface area (Å²) in [5, 5.41) is 6.68. The third-order valence-electron chi connectivity index (χ3n) is 2.75. The summed E-state index contributed by atoms with van der Waals surface area (Å²) >= 11 is 0. The third kappa shape index (κ3) is 3.29. The SMILES string of the molecule is COc1ccccc1CNCc1ccnn1C(F)F. The molecule has 0 bridgehead atoms. The van der Waals surface area contributed by atoms with Gasteiger partial charge in [-0.3, -0.25) is 0 Å². The van der Waals surface area contributed by atoms with Crippen molar-refractivity contribution in [3.05, 3.63) is 47.8 Å². The summed E-state index contributed by atoms with van der Waals surface area (Å²) in [6.45, 7) is -1.75. The van der Waals surface area contributed by atoms with Crippen molar-refractivity contribution in [2.24, 2.45) is 0 Å². The number of nitrogens with one attached hydrogen (secondary N) is 1. The summed E-state index contributed by atoms with van der Waals surface area (Å²) in [6.07, 6.45) is 1.37. The quantitative estimate of drug-likeness (QED) is 0.874. The Morgan fingerprint density at radius 2 is 2.05 bits per heavy atom. The van der Waals surface area contributed by atoms with E-state index in [9.17, 15) is 8.78 Å². The summed E-state index contributed by atoms with van der Waals surface area (Å²) in [5.41, 5.74) is 1.43. The van der Waals surface area contributed by atoms with Crippen LogP contribution in [0.5, 0.6) is 5.75 Å². The number of rotatable bonds is 6. The molecule has 102 valence electrons. The number of benzene rings is 1. The number of hydrogen-bond acceptors (Lipinski definition) is 3. The standard InChI is InChI=1S/C13H15F2N3O/c1-19-12-5-3-2-4-10(12)8-16-9-11-6-7-17-18(11)13(14)15/h2-7,13,16H,8-9H2,1H3. The topological polar surface area (TPSA) is 39.1 Å². The zero-order valence-corrected chi connectivity index (χ0v) is 10.5. The van der Waals surface area contributed by atoms with E-state index in [0.29, 0.717) is 23.5 Å². The first-order valence-electron chi connectivity index (χ1n) is 5.85. The van der Waals surface area contributed by atoms with Gasteiger partial charge in [-0.2, -0.15) is 13.9 Å². The molecule has 1 aromatic heterocycles. The van der Waals surface area contributed by atoms with E-state index in [1.807, 2.05) is 24.3 Å². The highest BCUT2D eigenvalue weighted by molar-refractivity contribution is 5.32. The Kier molecular flexibility index (Phi) is 4.46. The number of hydrogen-bond donors (Lipinski definition) is 1. The lowest BCUT2D eigenvalue weighted by molar-refractivity contribution is 0.0531. The number of halogens is 2. The molecule has 0 unspecified atom stereocenters. The van der Waals surface area contributed by atoms with E-state index in [-0.39, 0.29) is 0 Å². The van der Waals surface area contributed by atoms with Crippen LogP contribution < -0.4 is 10.1 Å². The van der Waals surface area contributed by atoms with Crippen molar-refractivity contribution in [2.45, 2.75) is 19.6 Å². The van der Waals surface area contributed by atoms with Crippen molar-refractivity contribution in [3.8, 4) is 5.75 Å². The number of aromatic nitrogens is 2. The molecule has 0 aliphatic heterocycles. The van der Waals surface area contributed by atoms with Crippen LogP contribution >= 0.6 is 0 Å². The van der Waals surface area contributed by atoms with Gasteiger partial charge in [0.2, 0.25) is 0 Å². The van der Waals surface area contributed by atoms with Gasteiger partial charge in [0, 0.05) is 24.8 Å². The Labute approximate surface area is 110 Å². The molecule has 1 aromatic carbocycles. The van der Waals surface area contributed by atoms with Gasteiger partial charge in [-0.25, -0.2) is 4.68 Å². The molecule has 19 heavy (non-hydrogen) atoms. The van der Waals surface area contributed by atoms with Crippen LogP contribution in [0.1, 0.15) is 17.8 Å². The van der Waals surface area contributed by atoms with Crippen molar-refractivity contribution in [3.63, 3.8) is 0 Å². The van der Waals surface area contributed by atoms with Gasteiger partial charge in [0.15, 0.2) is 0 Å². The van der Waals surface area contributed by atoms with Crippen molar-refractivity contribution >= 4 is 0 Å². The lowest BCUT2D eigenvalue weighted by Crippen LogP contribution is -2.17. The van der Waals surface area contributed by atoms with Crippen molar-refractivity contribution < 1.29 is 13.5 Å². The fourth-order valence-corrected chi connectivity index (χ4v) is 1.83. The molecule has 0 aliphatic rings. The summed E-state index contributed by atoms with van der Waals surface area (Å²) in [4.78, 5) is 0. The van der Waals surface area contributed by atoms with E-state index in [1.54, 1.807) is 13.2 Å². The zero-order chi connectivity index (χ0) is 13.7. The van der Waals surface area contributed by atoms with Crippen LogP contribution in [-0.2, 0) is 13.1 Å². The van der Waals surface area contributed by atoms with Crippen molar-refractivity contribution in [1.29, 1.82) is 0 Å². The Balaban J connectivity index is 1.95.